The Hall–Kier alpha value is -0.120. The van der Waals surface area contributed by atoms with Gasteiger partial charge < -0.3 is 15.7 Å². The fraction of sp³-hybridized carbons (Fsp3) is 1.00. The lowest BCUT2D eigenvalue weighted by Gasteiger charge is -2.40. The van der Waals surface area contributed by atoms with Crippen LogP contribution in [0.5, 0.6) is 0 Å². The van der Waals surface area contributed by atoms with E-state index in [1.54, 1.807) is 0 Å². The highest BCUT2D eigenvalue weighted by atomic mass is 16.3. The van der Waals surface area contributed by atoms with E-state index in [2.05, 4.69) is 18.7 Å². The first kappa shape index (κ1) is 11.0. The Bertz CT molecular complexity index is 151. The summed E-state index contributed by atoms with van der Waals surface area (Å²) < 4.78 is 0. The number of rotatable bonds is 3. The van der Waals surface area contributed by atoms with Gasteiger partial charge in [0.15, 0.2) is 0 Å². The van der Waals surface area contributed by atoms with Gasteiger partial charge in [0.05, 0.1) is 0 Å². The molecular weight excluding hydrogens is 164 g/mol. The molecule has 13 heavy (non-hydrogen) atoms. The summed E-state index contributed by atoms with van der Waals surface area (Å²) in [6.07, 6.45) is 2.79. The number of hydrogen-bond donors (Lipinski definition) is 2. The van der Waals surface area contributed by atoms with Crippen molar-refractivity contribution in [3.8, 4) is 0 Å². The second-order valence-electron chi connectivity index (χ2n) is 4.47. The maximum Gasteiger partial charge on any atom is 0.0448 e. The molecule has 0 aliphatic carbocycles. The predicted octanol–water partition coefficient (Wildman–Crippen LogP) is 0.571. The van der Waals surface area contributed by atoms with Gasteiger partial charge in [-0.2, -0.15) is 0 Å². The van der Waals surface area contributed by atoms with Gasteiger partial charge >= 0.3 is 0 Å². The van der Waals surface area contributed by atoms with Crippen LogP contribution in [-0.2, 0) is 0 Å². The summed E-state index contributed by atoms with van der Waals surface area (Å²) in [7, 11) is 0. The van der Waals surface area contributed by atoms with Gasteiger partial charge in [-0.1, -0.05) is 0 Å². The van der Waals surface area contributed by atoms with Gasteiger partial charge in [0.1, 0.15) is 0 Å². The molecule has 78 valence electrons. The summed E-state index contributed by atoms with van der Waals surface area (Å²) in [5.41, 5.74) is 6.05. The Morgan fingerprint density at radius 1 is 1.38 bits per heavy atom. The number of aliphatic hydroxyl groups excluding tert-OH is 1. The Morgan fingerprint density at radius 2 is 1.92 bits per heavy atom. The zero-order chi connectivity index (χ0) is 9.90. The number of piperidine rings is 1. The smallest absolute Gasteiger partial charge is 0.0448 e. The van der Waals surface area contributed by atoms with E-state index < -0.39 is 0 Å². The summed E-state index contributed by atoms with van der Waals surface area (Å²) in [6, 6.07) is 0.624. The average molecular weight is 186 g/mol. The standard InChI is InChI=1S/C10H22N2O/c1-9(2)12-6-3-10(11,4-7-12)5-8-13/h9,13H,3-8,11H2,1-2H3. The van der Waals surface area contributed by atoms with Crippen molar-refractivity contribution in [3.05, 3.63) is 0 Å². The monoisotopic (exact) mass is 186 g/mol. The highest BCUT2D eigenvalue weighted by Crippen LogP contribution is 2.23. The zero-order valence-electron chi connectivity index (χ0n) is 8.79. The third-order valence-corrected chi connectivity index (χ3v) is 3.13. The summed E-state index contributed by atoms with van der Waals surface area (Å²) in [5, 5.41) is 8.87. The molecule has 0 aromatic carbocycles. The molecule has 0 aromatic heterocycles. The number of nitrogens with zero attached hydrogens (tertiary/aromatic N) is 1. The van der Waals surface area contributed by atoms with Crippen LogP contribution < -0.4 is 5.73 Å². The molecule has 1 saturated heterocycles. The Labute approximate surface area is 80.9 Å². The third kappa shape index (κ3) is 2.93. The molecule has 0 radical (unpaired) electrons. The van der Waals surface area contributed by atoms with E-state index in [9.17, 15) is 0 Å². The van der Waals surface area contributed by atoms with Crippen LogP contribution in [-0.4, -0.2) is 41.3 Å². The third-order valence-electron chi connectivity index (χ3n) is 3.13. The van der Waals surface area contributed by atoms with E-state index in [-0.39, 0.29) is 12.1 Å². The topological polar surface area (TPSA) is 49.5 Å². The van der Waals surface area contributed by atoms with Crippen molar-refractivity contribution in [2.45, 2.75) is 44.7 Å². The Balaban J connectivity index is 2.37. The largest absolute Gasteiger partial charge is 0.396 e. The summed E-state index contributed by atoms with van der Waals surface area (Å²) in [5.74, 6) is 0. The maximum absolute atomic E-state index is 8.87. The highest BCUT2D eigenvalue weighted by molar-refractivity contribution is 4.90. The van der Waals surface area contributed by atoms with Crippen molar-refractivity contribution in [1.82, 2.24) is 4.90 Å². The van der Waals surface area contributed by atoms with Gasteiger partial charge in [-0.15, -0.1) is 0 Å². The zero-order valence-corrected chi connectivity index (χ0v) is 8.79. The maximum atomic E-state index is 8.87. The summed E-state index contributed by atoms with van der Waals surface area (Å²) in [6.45, 7) is 6.81. The molecule has 1 fully saturated rings. The summed E-state index contributed by atoms with van der Waals surface area (Å²) in [4.78, 5) is 2.45. The van der Waals surface area contributed by atoms with Crippen LogP contribution in [0.25, 0.3) is 0 Å². The first-order chi connectivity index (χ1) is 6.07. The average Bonchev–Trinajstić information content (AvgIpc) is 2.05. The van der Waals surface area contributed by atoms with Crippen LogP contribution >= 0.6 is 0 Å². The predicted molar refractivity (Wildman–Crippen MR) is 54.6 cm³/mol. The summed E-state index contributed by atoms with van der Waals surface area (Å²) >= 11 is 0. The van der Waals surface area contributed by atoms with Crippen LogP contribution in [0.2, 0.25) is 0 Å². The van der Waals surface area contributed by atoms with Crippen molar-refractivity contribution in [3.63, 3.8) is 0 Å². The minimum atomic E-state index is -0.0971. The van der Waals surface area contributed by atoms with Crippen molar-refractivity contribution in [1.29, 1.82) is 0 Å². The molecule has 3 nitrogen and oxygen atoms in total. The molecule has 0 aromatic rings. The molecule has 0 atom stereocenters. The second-order valence-corrected chi connectivity index (χ2v) is 4.47. The number of nitrogens with two attached hydrogens (primary N) is 1. The first-order valence-corrected chi connectivity index (χ1v) is 5.21. The van der Waals surface area contributed by atoms with Crippen molar-refractivity contribution in [2.75, 3.05) is 19.7 Å². The molecule has 0 saturated carbocycles. The molecule has 1 heterocycles. The van der Waals surface area contributed by atoms with Crippen LogP contribution in [0, 0.1) is 0 Å². The van der Waals surface area contributed by atoms with Crippen LogP contribution in [0.1, 0.15) is 33.1 Å². The Morgan fingerprint density at radius 3 is 2.31 bits per heavy atom. The van der Waals surface area contributed by atoms with E-state index in [0.29, 0.717) is 6.04 Å². The van der Waals surface area contributed by atoms with E-state index in [0.717, 1.165) is 32.4 Å². The lowest BCUT2D eigenvalue weighted by atomic mass is 9.85. The minimum absolute atomic E-state index is 0.0971. The number of hydrogen-bond acceptors (Lipinski definition) is 3. The van der Waals surface area contributed by atoms with Gasteiger partial charge in [0.2, 0.25) is 0 Å². The lowest BCUT2D eigenvalue weighted by Crippen LogP contribution is -2.52. The molecular formula is C10H22N2O. The number of likely N-dealkylation sites (tertiary alicyclic amines) is 1. The number of aliphatic hydroxyl groups is 1. The molecule has 0 unspecified atom stereocenters. The second kappa shape index (κ2) is 4.40. The molecule has 3 N–H and O–H groups in total. The van der Waals surface area contributed by atoms with Crippen molar-refractivity contribution in [2.24, 2.45) is 5.73 Å². The SMILES string of the molecule is CC(C)N1CCC(N)(CCO)CC1. The molecule has 1 aliphatic rings. The van der Waals surface area contributed by atoms with Gasteiger partial charge in [0.25, 0.3) is 0 Å². The van der Waals surface area contributed by atoms with Crippen LogP contribution in [0.4, 0.5) is 0 Å². The minimum Gasteiger partial charge on any atom is -0.396 e. The molecule has 1 rings (SSSR count). The lowest BCUT2D eigenvalue weighted by molar-refractivity contribution is 0.113. The fourth-order valence-electron chi connectivity index (χ4n) is 1.96. The highest BCUT2D eigenvalue weighted by Gasteiger charge is 2.30. The fourth-order valence-corrected chi connectivity index (χ4v) is 1.96. The quantitative estimate of drug-likeness (QED) is 0.677. The van der Waals surface area contributed by atoms with Crippen molar-refractivity contribution >= 4 is 0 Å². The van der Waals surface area contributed by atoms with Gasteiger partial charge in [-0.3, -0.25) is 0 Å². The van der Waals surface area contributed by atoms with Gasteiger partial charge in [-0.25, -0.2) is 0 Å². The van der Waals surface area contributed by atoms with Gasteiger partial charge in [-0.05, 0) is 33.1 Å². The molecule has 1 aliphatic heterocycles. The van der Waals surface area contributed by atoms with Crippen molar-refractivity contribution < 1.29 is 5.11 Å². The molecule has 0 spiro atoms. The molecule has 0 amide bonds. The molecule has 0 bridgehead atoms. The first-order valence-electron chi connectivity index (χ1n) is 5.21. The van der Waals surface area contributed by atoms with E-state index in [1.165, 1.54) is 0 Å². The Kier molecular flexibility index (Phi) is 3.71. The molecule has 3 heteroatoms. The van der Waals surface area contributed by atoms with E-state index >= 15 is 0 Å². The normalized spacial score (nSPS) is 23.8. The van der Waals surface area contributed by atoms with E-state index in [1.807, 2.05) is 0 Å². The van der Waals surface area contributed by atoms with E-state index in [4.69, 9.17) is 10.8 Å². The van der Waals surface area contributed by atoms with Crippen LogP contribution in [0.15, 0.2) is 0 Å². The van der Waals surface area contributed by atoms with Crippen LogP contribution in [0.3, 0.4) is 0 Å². The van der Waals surface area contributed by atoms with Gasteiger partial charge in [0, 0.05) is 31.3 Å².